The average molecular weight is 293 g/mol. The Morgan fingerprint density at radius 1 is 1.10 bits per heavy atom. The fraction of sp³-hybridized carbons (Fsp3) is 0.250. The summed E-state index contributed by atoms with van der Waals surface area (Å²) < 4.78 is 26.0. The molecule has 0 spiro atoms. The van der Waals surface area contributed by atoms with Gasteiger partial charge in [-0.1, -0.05) is 30.3 Å². The summed E-state index contributed by atoms with van der Waals surface area (Å²) in [5.41, 5.74) is 9.16. The quantitative estimate of drug-likeness (QED) is 0.894. The normalized spacial score (nSPS) is 12.4. The minimum absolute atomic E-state index is 0.292. The summed E-state index contributed by atoms with van der Waals surface area (Å²) in [6, 6.07) is 11.7. The second-order valence-electron chi connectivity index (χ2n) is 4.72. The van der Waals surface area contributed by atoms with E-state index in [1.54, 1.807) is 11.8 Å². The molecule has 0 saturated heterocycles. The molecular weight excluding hydrogens is 276 g/mol. The molecule has 2 aromatic carbocycles. The van der Waals surface area contributed by atoms with Gasteiger partial charge in [-0.25, -0.2) is 8.78 Å². The molecule has 2 N–H and O–H groups in total. The van der Waals surface area contributed by atoms with Crippen molar-refractivity contribution < 1.29 is 8.78 Å². The Kier molecular flexibility index (Phi) is 5.15. The van der Waals surface area contributed by atoms with Crippen LogP contribution < -0.4 is 5.73 Å². The molecule has 4 heteroatoms. The zero-order chi connectivity index (χ0) is 14.5. The van der Waals surface area contributed by atoms with E-state index in [-0.39, 0.29) is 6.04 Å². The van der Waals surface area contributed by atoms with Gasteiger partial charge in [0.05, 0.1) is 0 Å². The van der Waals surface area contributed by atoms with Crippen molar-refractivity contribution in [2.45, 2.75) is 18.7 Å². The number of hydrogen-bond donors (Lipinski definition) is 1. The molecule has 106 valence electrons. The summed E-state index contributed by atoms with van der Waals surface area (Å²) in [5.74, 6) is -0.154. The Morgan fingerprint density at radius 2 is 1.85 bits per heavy atom. The van der Waals surface area contributed by atoms with Crippen LogP contribution in [0.5, 0.6) is 0 Å². The molecule has 0 heterocycles. The van der Waals surface area contributed by atoms with Crippen molar-refractivity contribution >= 4 is 11.8 Å². The van der Waals surface area contributed by atoms with Gasteiger partial charge in [0.1, 0.15) is 0 Å². The zero-order valence-corrected chi connectivity index (χ0v) is 12.1. The fourth-order valence-electron chi connectivity index (χ4n) is 1.91. The molecule has 1 unspecified atom stereocenters. The van der Waals surface area contributed by atoms with E-state index >= 15 is 0 Å². The van der Waals surface area contributed by atoms with Gasteiger partial charge in [0.15, 0.2) is 11.6 Å². The first-order valence-corrected chi connectivity index (χ1v) is 7.56. The maximum Gasteiger partial charge on any atom is 0.159 e. The lowest BCUT2D eigenvalue weighted by atomic mass is 10.1. The van der Waals surface area contributed by atoms with Crippen molar-refractivity contribution in [1.82, 2.24) is 0 Å². The third-order valence-corrected chi connectivity index (χ3v) is 4.30. The van der Waals surface area contributed by atoms with Crippen LogP contribution in [0.25, 0.3) is 0 Å². The van der Waals surface area contributed by atoms with E-state index in [0.717, 1.165) is 11.8 Å². The van der Waals surface area contributed by atoms with Crippen molar-refractivity contribution in [2.75, 3.05) is 5.75 Å². The van der Waals surface area contributed by atoms with Crippen molar-refractivity contribution in [2.24, 2.45) is 5.73 Å². The van der Waals surface area contributed by atoms with E-state index in [1.807, 2.05) is 12.1 Å². The van der Waals surface area contributed by atoms with Gasteiger partial charge in [0.2, 0.25) is 0 Å². The molecular formula is C16H17F2NS. The summed E-state index contributed by atoms with van der Waals surface area (Å²) >= 11 is 1.69. The first-order chi connectivity index (χ1) is 9.58. The van der Waals surface area contributed by atoms with E-state index in [0.29, 0.717) is 11.3 Å². The van der Waals surface area contributed by atoms with Crippen LogP contribution in [0.3, 0.4) is 0 Å². The summed E-state index contributed by atoms with van der Waals surface area (Å²) in [4.78, 5) is 0. The maximum absolute atomic E-state index is 13.1. The van der Waals surface area contributed by atoms with Crippen LogP contribution in [0.1, 0.15) is 22.7 Å². The molecule has 20 heavy (non-hydrogen) atoms. The first-order valence-electron chi connectivity index (χ1n) is 6.40. The minimum Gasteiger partial charge on any atom is -0.323 e. The van der Waals surface area contributed by atoms with Gasteiger partial charge in [-0.15, -0.1) is 0 Å². The van der Waals surface area contributed by atoms with Crippen LogP contribution >= 0.6 is 11.8 Å². The van der Waals surface area contributed by atoms with E-state index in [1.165, 1.54) is 23.3 Å². The molecule has 0 saturated carbocycles. The highest BCUT2D eigenvalue weighted by atomic mass is 32.2. The number of thioether (sulfide) groups is 1. The van der Waals surface area contributed by atoms with Gasteiger partial charge < -0.3 is 5.73 Å². The molecule has 0 fully saturated rings. The third kappa shape index (κ3) is 3.81. The van der Waals surface area contributed by atoms with Gasteiger partial charge in [-0.2, -0.15) is 11.8 Å². The molecule has 1 nitrogen and oxygen atoms in total. The lowest BCUT2D eigenvalue weighted by Crippen LogP contribution is -2.13. The highest BCUT2D eigenvalue weighted by molar-refractivity contribution is 7.98. The van der Waals surface area contributed by atoms with Gasteiger partial charge in [-0.05, 0) is 35.7 Å². The molecule has 0 aromatic heterocycles. The van der Waals surface area contributed by atoms with Gasteiger partial charge >= 0.3 is 0 Å². The lowest BCUT2D eigenvalue weighted by Gasteiger charge is -2.12. The van der Waals surface area contributed by atoms with E-state index in [4.69, 9.17) is 5.73 Å². The second-order valence-corrected chi connectivity index (χ2v) is 5.75. The topological polar surface area (TPSA) is 26.0 Å². The highest BCUT2D eigenvalue weighted by Gasteiger charge is 2.10. The smallest absolute Gasteiger partial charge is 0.159 e. The molecule has 0 radical (unpaired) electrons. The van der Waals surface area contributed by atoms with Crippen molar-refractivity contribution in [3.05, 3.63) is 70.8 Å². The van der Waals surface area contributed by atoms with Crippen LogP contribution in [0.2, 0.25) is 0 Å². The van der Waals surface area contributed by atoms with Crippen LogP contribution in [-0.4, -0.2) is 5.75 Å². The van der Waals surface area contributed by atoms with Crippen LogP contribution in [0, 0.1) is 18.6 Å². The number of benzene rings is 2. The van der Waals surface area contributed by atoms with Crippen LogP contribution in [0.4, 0.5) is 8.78 Å². The number of halogens is 2. The molecule has 0 aliphatic rings. The molecule has 0 bridgehead atoms. The predicted molar refractivity (Wildman–Crippen MR) is 80.6 cm³/mol. The summed E-state index contributed by atoms with van der Waals surface area (Å²) in [7, 11) is 0. The molecule has 0 amide bonds. The third-order valence-electron chi connectivity index (χ3n) is 3.19. The fourth-order valence-corrected chi connectivity index (χ4v) is 3.02. The van der Waals surface area contributed by atoms with E-state index in [9.17, 15) is 8.78 Å². The number of hydrogen-bond acceptors (Lipinski definition) is 2. The Balaban J connectivity index is 1.90. The van der Waals surface area contributed by atoms with Crippen molar-refractivity contribution in [1.29, 1.82) is 0 Å². The van der Waals surface area contributed by atoms with E-state index < -0.39 is 11.6 Å². The average Bonchev–Trinajstić information content (AvgIpc) is 2.44. The van der Waals surface area contributed by atoms with Gasteiger partial charge in [0, 0.05) is 17.5 Å². The second kappa shape index (κ2) is 6.86. The Hall–Kier alpha value is -1.39. The number of nitrogens with two attached hydrogens (primary N) is 1. The molecule has 0 aliphatic heterocycles. The Morgan fingerprint density at radius 3 is 2.55 bits per heavy atom. The standard InChI is InChI=1S/C16H17F2NS/c1-11-4-2-3-5-13(11)9-20-10-16(19)12-6-7-14(17)15(18)8-12/h2-8,16H,9-10,19H2,1H3. The van der Waals surface area contributed by atoms with Crippen LogP contribution in [-0.2, 0) is 5.75 Å². The van der Waals surface area contributed by atoms with Gasteiger partial charge in [-0.3, -0.25) is 0 Å². The van der Waals surface area contributed by atoms with E-state index in [2.05, 4.69) is 19.1 Å². The largest absolute Gasteiger partial charge is 0.323 e. The highest BCUT2D eigenvalue weighted by Crippen LogP contribution is 2.22. The Labute approximate surface area is 122 Å². The van der Waals surface area contributed by atoms with Gasteiger partial charge in [0.25, 0.3) is 0 Å². The minimum atomic E-state index is -0.846. The van der Waals surface area contributed by atoms with Crippen molar-refractivity contribution in [3.8, 4) is 0 Å². The lowest BCUT2D eigenvalue weighted by molar-refractivity contribution is 0.506. The predicted octanol–water partition coefficient (Wildman–Crippen LogP) is 4.21. The number of aryl methyl sites for hydroxylation is 1. The maximum atomic E-state index is 13.1. The molecule has 1 atom stereocenters. The summed E-state index contributed by atoms with van der Waals surface area (Å²) in [6.07, 6.45) is 0. The van der Waals surface area contributed by atoms with Crippen molar-refractivity contribution in [3.63, 3.8) is 0 Å². The Bertz CT molecular complexity index is 586. The number of rotatable bonds is 5. The zero-order valence-electron chi connectivity index (χ0n) is 11.3. The SMILES string of the molecule is Cc1ccccc1CSCC(N)c1ccc(F)c(F)c1. The summed E-state index contributed by atoms with van der Waals surface area (Å²) in [5, 5.41) is 0. The first kappa shape index (κ1) is 15.0. The summed E-state index contributed by atoms with van der Waals surface area (Å²) in [6.45, 7) is 2.07. The van der Waals surface area contributed by atoms with Crippen LogP contribution in [0.15, 0.2) is 42.5 Å². The molecule has 0 aliphatic carbocycles. The molecule has 2 rings (SSSR count). The monoisotopic (exact) mass is 293 g/mol. The molecule has 2 aromatic rings.